The number of thiophene rings is 1. The maximum absolute atomic E-state index is 5.48. The van der Waals surface area contributed by atoms with Crippen LogP contribution in [0.3, 0.4) is 0 Å². The third kappa shape index (κ3) is 2.21. The molecule has 2 nitrogen and oxygen atoms in total. The zero-order chi connectivity index (χ0) is 12.4. The molecule has 0 bridgehead atoms. The van der Waals surface area contributed by atoms with E-state index in [-0.39, 0.29) is 0 Å². The topological polar surface area (TPSA) is 21.3 Å². The Kier molecular flexibility index (Phi) is 3.46. The molecule has 0 saturated heterocycles. The van der Waals surface area contributed by atoms with E-state index in [0.717, 1.165) is 19.8 Å². The molecule has 0 fully saturated rings. The van der Waals surface area contributed by atoms with Crippen LogP contribution in [-0.4, -0.2) is 6.54 Å². The number of rotatable bonds is 4. The summed E-state index contributed by atoms with van der Waals surface area (Å²) in [6, 6.07) is 9.20. The Hall–Kier alpha value is -1.16. The second-order valence-electron chi connectivity index (χ2n) is 4.57. The van der Waals surface area contributed by atoms with Gasteiger partial charge >= 0.3 is 0 Å². The zero-order valence-corrected chi connectivity index (χ0v) is 11.3. The van der Waals surface area contributed by atoms with Crippen molar-refractivity contribution in [3.63, 3.8) is 0 Å². The first-order valence-electron chi connectivity index (χ1n) is 6.33. The van der Waals surface area contributed by atoms with E-state index in [1.165, 1.54) is 22.3 Å². The van der Waals surface area contributed by atoms with E-state index in [4.69, 9.17) is 4.74 Å². The SMILES string of the molecule is CCNC(c1ccsc1)c1ccc2c(c1)COC2. The van der Waals surface area contributed by atoms with E-state index in [1.807, 2.05) is 0 Å². The lowest BCUT2D eigenvalue weighted by molar-refractivity contribution is 0.134. The van der Waals surface area contributed by atoms with Crippen LogP contribution in [0.15, 0.2) is 35.0 Å². The normalized spacial score (nSPS) is 15.6. The second kappa shape index (κ2) is 5.22. The molecule has 1 aromatic carbocycles. The molecular formula is C15H17NOS. The molecule has 1 atom stereocenters. The molecule has 1 N–H and O–H groups in total. The summed E-state index contributed by atoms with van der Waals surface area (Å²) in [5, 5.41) is 7.91. The highest BCUT2D eigenvalue weighted by Gasteiger charge is 2.17. The highest BCUT2D eigenvalue weighted by Crippen LogP contribution is 2.28. The Morgan fingerprint density at radius 2 is 2.11 bits per heavy atom. The van der Waals surface area contributed by atoms with Crippen molar-refractivity contribution in [2.75, 3.05) is 6.54 Å². The molecule has 0 saturated carbocycles. The van der Waals surface area contributed by atoms with Gasteiger partial charge in [-0.2, -0.15) is 11.3 Å². The lowest BCUT2D eigenvalue weighted by Gasteiger charge is -2.18. The number of ether oxygens (including phenoxy) is 1. The van der Waals surface area contributed by atoms with E-state index in [2.05, 4.69) is 47.3 Å². The van der Waals surface area contributed by atoms with Gasteiger partial charge in [0, 0.05) is 0 Å². The van der Waals surface area contributed by atoms with Crippen LogP contribution < -0.4 is 5.32 Å². The third-order valence-electron chi connectivity index (χ3n) is 3.36. The summed E-state index contributed by atoms with van der Waals surface area (Å²) >= 11 is 1.75. The third-order valence-corrected chi connectivity index (χ3v) is 4.07. The van der Waals surface area contributed by atoms with Crippen molar-refractivity contribution < 1.29 is 4.74 Å². The summed E-state index contributed by atoms with van der Waals surface area (Å²) in [6.45, 7) is 4.63. The van der Waals surface area contributed by atoms with Crippen molar-refractivity contribution in [1.29, 1.82) is 0 Å². The van der Waals surface area contributed by atoms with Crippen LogP contribution in [0.25, 0.3) is 0 Å². The first-order chi connectivity index (χ1) is 8.88. The van der Waals surface area contributed by atoms with E-state index in [9.17, 15) is 0 Å². The van der Waals surface area contributed by atoms with Gasteiger partial charge in [0.15, 0.2) is 0 Å². The van der Waals surface area contributed by atoms with Gasteiger partial charge in [0.2, 0.25) is 0 Å². The predicted octanol–water partition coefficient (Wildman–Crippen LogP) is 3.48. The van der Waals surface area contributed by atoms with Crippen molar-refractivity contribution in [3.8, 4) is 0 Å². The van der Waals surface area contributed by atoms with E-state index < -0.39 is 0 Å². The Morgan fingerprint density at radius 3 is 2.89 bits per heavy atom. The Labute approximate surface area is 112 Å². The summed E-state index contributed by atoms with van der Waals surface area (Å²) in [5.74, 6) is 0. The van der Waals surface area contributed by atoms with Gasteiger partial charge in [-0.05, 0) is 45.6 Å². The molecule has 1 aromatic heterocycles. The predicted molar refractivity (Wildman–Crippen MR) is 74.8 cm³/mol. The lowest BCUT2D eigenvalue weighted by atomic mass is 9.97. The number of nitrogens with one attached hydrogen (secondary N) is 1. The number of fused-ring (bicyclic) bond motifs is 1. The fraction of sp³-hybridized carbons (Fsp3) is 0.333. The summed E-state index contributed by atoms with van der Waals surface area (Å²) in [7, 11) is 0. The van der Waals surface area contributed by atoms with Crippen LogP contribution in [0.2, 0.25) is 0 Å². The quantitative estimate of drug-likeness (QED) is 0.907. The minimum Gasteiger partial charge on any atom is -0.372 e. The van der Waals surface area contributed by atoms with E-state index >= 15 is 0 Å². The van der Waals surface area contributed by atoms with Gasteiger partial charge in [-0.3, -0.25) is 0 Å². The van der Waals surface area contributed by atoms with Gasteiger partial charge in [-0.25, -0.2) is 0 Å². The second-order valence-corrected chi connectivity index (χ2v) is 5.35. The molecule has 1 aliphatic rings. The van der Waals surface area contributed by atoms with Crippen molar-refractivity contribution in [2.45, 2.75) is 26.2 Å². The van der Waals surface area contributed by atoms with Gasteiger partial charge in [-0.15, -0.1) is 0 Å². The lowest BCUT2D eigenvalue weighted by Crippen LogP contribution is -2.21. The molecular weight excluding hydrogens is 242 g/mol. The average Bonchev–Trinajstić information content (AvgIpc) is 3.05. The van der Waals surface area contributed by atoms with Gasteiger partial charge in [-0.1, -0.05) is 25.1 Å². The molecule has 0 aliphatic carbocycles. The molecule has 18 heavy (non-hydrogen) atoms. The molecule has 0 amide bonds. The molecule has 2 heterocycles. The largest absolute Gasteiger partial charge is 0.372 e. The fourth-order valence-electron chi connectivity index (χ4n) is 2.44. The minimum atomic E-state index is 0.298. The van der Waals surface area contributed by atoms with Gasteiger partial charge in [0.1, 0.15) is 0 Å². The van der Waals surface area contributed by atoms with Crippen LogP contribution >= 0.6 is 11.3 Å². The highest BCUT2D eigenvalue weighted by atomic mass is 32.1. The number of hydrogen-bond acceptors (Lipinski definition) is 3. The molecule has 1 aliphatic heterocycles. The van der Waals surface area contributed by atoms with Crippen molar-refractivity contribution >= 4 is 11.3 Å². The Bertz CT molecular complexity index is 521. The van der Waals surface area contributed by atoms with Gasteiger partial charge in [0.25, 0.3) is 0 Å². The summed E-state index contributed by atoms with van der Waals surface area (Å²) in [5.41, 5.74) is 5.35. The van der Waals surface area contributed by atoms with Crippen LogP contribution in [0, 0.1) is 0 Å². The minimum absolute atomic E-state index is 0.298. The summed E-state index contributed by atoms with van der Waals surface area (Å²) in [4.78, 5) is 0. The maximum Gasteiger partial charge on any atom is 0.0725 e. The maximum atomic E-state index is 5.48. The first kappa shape index (κ1) is 11.9. The molecule has 0 spiro atoms. The number of benzene rings is 1. The highest BCUT2D eigenvalue weighted by molar-refractivity contribution is 7.08. The molecule has 94 valence electrons. The van der Waals surface area contributed by atoms with Crippen LogP contribution in [0.1, 0.15) is 35.2 Å². The van der Waals surface area contributed by atoms with Crippen molar-refractivity contribution in [1.82, 2.24) is 5.32 Å². The number of hydrogen-bond donors (Lipinski definition) is 1. The van der Waals surface area contributed by atoms with Crippen LogP contribution in [0.4, 0.5) is 0 Å². The van der Waals surface area contributed by atoms with Gasteiger partial charge in [0.05, 0.1) is 19.3 Å². The monoisotopic (exact) mass is 259 g/mol. The van der Waals surface area contributed by atoms with E-state index in [1.54, 1.807) is 11.3 Å². The molecule has 0 radical (unpaired) electrons. The molecule has 3 heteroatoms. The van der Waals surface area contributed by atoms with E-state index in [0.29, 0.717) is 6.04 Å². The molecule has 2 aromatic rings. The zero-order valence-electron chi connectivity index (χ0n) is 10.5. The van der Waals surface area contributed by atoms with Gasteiger partial charge < -0.3 is 10.1 Å². The van der Waals surface area contributed by atoms with Crippen LogP contribution in [-0.2, 0) is 18.0 Å². The Balaban J connectivity index is 1.95. The van der Waals surface area contributed by atoms with Crippen molar-refractivity contribution in [3.05, 3.63) is 57.3 Å². The average molecular weight is 259 g/mol. The fourth-order valence-corrected chi connectivity index (χ4v) is 3.13. The van der Waals surface area contributed by atoms with Crippen LogP contribution in [0.5, 0.6) is 0 Å². The Morgan fingerprint density at radius 1 is 1.22 bits per heavy atom. The molecule has 3 rings (SSSR count). The smallest absolute Gasteiger partial charge is 0.0725 e. The standard InChI is InChI=1S/C15H17NOS/c1-2-16-15(13-5-6-18-10-13)11-3-4-12-8-17-9-14(12)7-11/h3-7,10,15-16H,2,8-9H2,1H3. The summed E-state index contributed by atoms with van der Waals surface area (Å²) in [6.07, 6.45) is 0. The molecule has 1 unspecified atom stereocenters. The summed E-state index contributed by atoms with van der Waals surface area (Å²) < 4.78 is 5.48. The first-order valence-corrected chi connectivity index (χ1v) is 7.27. The van der Waals surface area contributed by atoms with Crippen molar-refractivity contribution in [2.24, 2.45) is 0 Å².